The lowest BCUT2D eigenvalue weighted by Crippen LogP contribution is -1.99. The predicted octanol–water partition coefficient (Wildman–Crippen LogP) is 3.67. The van der Waals surface area contributed by atoms with Crippen molar-refractivity contribution >= 4 is 21.7 Å². The number of rotatable bonds is 3. The van der Waals surface area contributed by atoms with Crippen LogP contribution in [0.15, 0.2) is 34.3 Å². The monoisotopic (exact) mass is 270 g/mol. The summed E-state index contributed by atoms with van der Waals surface area (Å²) in [5, 5.41) is 0. The molecule has 0 aliphatic heterocycles. The van der Waals surface area contributed by atoms with E-state index in [0.29, 0.717) is 10.9 Å². The van der Waals surface area contributed by atoms with E-state index in [1.54, 1.807) is 18.2 Å². The molecule has 15 heavy (non-hydrogen) atoms. The van der Waals surface area contributed by atoms with E-state index in [0.717, 1.165) is 11.1 Å². The summed E-state index contributed by atoms with van der Waals surface area (Å²) in [6.07, 6.45) is 1.90. The first-order valence-electron chi connectivity index (χ1n) is 4.60. The van der Waals surface area contributed by atoms with Gasteiger partial charge in [0.2, 0.25) is 0 Å². The molecule has 0 saturated carbocycles. The molecule has 0 unspecified atom stereocenters. The summed E-state index contributed by atoms with van der Waals surface area (Å²) in [4.78, 5) is 11.4. The minimum absolute atomic E-state index is 0.0357. The van der Waals surface area contributed by atoms with Gasteiger partial charge in [0.25, 0.3) is 0 Å². The molecule has 0 heterocycles. The smallest absolute Gasteiger partial charge is 0.159 e. The van der Waals surface area contributed by atoms with Crippen molar-refractivity contribution in [2.75, 3.05) is 0 Å². The highest BCUT2D eigenvalue weighted by molar-refractivity contribution is 9.10. The van der Waals surface area contributed by atoms with E-state index in [1.807, 2.05) is 13.8 Å². The molecule has 1 nitrogen and oxygen atoms in total. The minimum Gasteiger partial charge on any atom is -0.294 e. The third-order valence-electron chi connectivity index (χ3n) is 1.81. The summed E-state index contributed by atoms with van der Waals surface area (Å²) in [6, 6.07) is 4.61. The van der Waals surface area contributed by atoms with Gasteiger partial charge in [-0.05, 0) is 53.5 Å². The molecule has 3 heteroatoms. The molecule has 0 fully saturated rings. The van der Waals surface area contributed by atoms with Gasteiger partial charge in [0.15, 0.2) is 5.78 Å². The highest BCUT2D eigenvalue weighted by Gasteiger charge is 2.04. The molecule has 0 amide bonds. The van der Waals surface area contributed by atoms with Gasteiger partial charge in [0.1, 0.15) is 5.82 Å². The molecule has 1 aromatic carbocycles. The van der Waals surface area contributed by atoms with Crippen molar-refractivity contribution in [3.8, 4) is 0 Å². The fraction of sp³-hybridized carbons (Fsp3) is 0.250. The maximum atomic E-state index is 12.9. The zero-order valence-corrected chi connectivity index (χ0v) is 10.3. The van der Waals surface area contributed by atoms with E-state index in [1.165, 1.54) is 6.07 Å². The van der Waals surface area contributed by atoms with Crippen molar-refractivity contribution in [3.05, 3.63) is 45.7 Å². The zero-order valence-electron chi connectivity index (χ0n) is 8.68. The Labute approximate surface area is 97.1 Å². The van der Waals surface area contributed by atoms with E-state index in [4.69, 9.17) is 0 Å². The van der Waals surface area contributed by atoms with Crippen LogP contribution in [0.4, 0.5) is 4.39 Å². The van der Waals surface area contributed by atoms with Gasteiger partial charge in [-0.3, -0.25) is 4.79 Å². The molecule has 80 valence electrons. The van der Waals surface area contributed by atoms with Gasteiger partial charge < -0.3 is 0 Å². The number of halogens is 2. The molecule has 1 rings (SSSR count). The third kappa shape index (κ3) is 3.96. The Morgan fingerprint density at radius 1 is 1.47 bits per heavy atom. The summed E-state index contributed by atoms with van der Waals surface area (Å²) < 4.78 is 13.3. The lowest BCUT2D eigenvalue weighted by molar-refractivity contribution is -0.114. The van der Waals surface area contributed by atoms with Gasteiger partial charge in [0, 0.05) is 6.42 Å². The van der Waals surface area contributed by atoms with Gasteiger partial charge in [-0.1, -0.05) is 11.6 Å². The maximum Gasteiger partial charge on any atom is 0.159 e. The number of allylic oxidation sites excluding steroid dienone is 2. The van der Waals surface area contributed by atoms with Crippen LogP contribution in [0.5, 0.6) is 0 Å². The number of benzene rings is 1. The summed E-state index contributed by atoms with van der Waals surface area (Å²) in [6.45, 7) is 3.75. The number of hydrogen-bond acceptors (Lipinski definition) is 1. The Morgan fingerprint density at radius 2 is 2.13 bits per heavy atom. The van der Waals surface area contributed by atoms with Crippen molar-refractivity contribution in [2.45, 2.75) is 20.3 Å². The first-order valence-corrected chi connectivity index (χ1v) is 5.40. The maximum absolute atomic E-state index is 12.9. The highest BCUT2D eigenvalue weighted by Crippen LogP contribution is 2.17. The zero-order chi connectivity index (χ0) is 11.4. The Bertz CT molecular complexity index is 406. The topological polar surface area (TPSA) is 17.1 Å². The van der Waals surface area contributed by atoms with Crippen molar-refractivity contribution < 1.29 is 9.18 Å². The second-order valence-electron chi connectivity index (χ2n) is 3.61. The molecule has 0 aromatic heterocycles. The van der Waals surface area contributed by atoms with Crippen LogP contribution in [0.3, 0.4) is 0 Å². The average Bonchev–Trinajstić information content (AvgIpc) is 2.10. The number of ketones is 1. The minimum atomic E-state index is -0.312. The largest absolute Gasteiger partial charge is 0.294 e. The number of carbonyl (C=O) groups is 1. The van der Waals surface area contributed by atoms with Crippen molar-refractivity contribution in [1.29, 1.82) is 0 Å². The predicted molar refractivity (Wildman–Crippen MR) is 62.2 cm³/mol. The van der Waals surface area contributed by atoms with Crippen LogP contribution in [0, 0.1) is 5.82 Å². The van der Waals surface area contributed by atoms with E-state index >= 15 is 0 Å². The fourth-order valence-electron chi connectivity index (χ4n) is 1.22. The normalized spacial score (nSPS) is 9.87. The third-order valence-corrected chi connectivity index (χ3v) is 2.42. The summed E-state index contributed by atoms with van der Waals surface area (Å²) >= 11 is 3.09. The Kier molecular flexibility index (Phi) is 4.21. The van der Waals surface area contributed by atoms with Gasteiger partial charge in [-0.2, -0.15) is 0 Å². The number of carbonyl (C=O) groups excluding carboxylic acids is 1. The number of hydrogen-bond donors (Lipinski definition) is 0. The van der Waals surface area contributed by atoms with Gasteiger partial charge in [-0.25, -0.2) is 4.39 Å². The molecule has 0 spiro atoms. The molecule has 0 N–H and O–H groups in total. The van der Waals surface area contributed by atoms with E-state index in [2.05, 4.69) is 15.9 Å². The van der Waals surface area contributed by atoms with Crippen LogP contribution in [0.25, 0.3) is 0 Å². The fourth-order valence-corrected chi connectivity index (χ4v) is 1.65. The molecule has 0 aliphatic carbocycles. The first-order chi connectivity index (χ1) is 6.99. The second kappa shape index (κ2) is 5.21. The van der Waals surface area contributed by atoms with Crippen LogP contribution >= 0.6 is 15.9 Å². The van der Waals surface area contributed by atoms with Crippen molar-refractivity contribution in [1.82, 2.24) is 0 Å². The van der Waals surface area contributed by atoms with Crippen molar-refractivity contribution in [2.24, 2.45) is 0 Å². The van der Waals surface area contributed by atoms with Crippen molar-refractivity contribution in [3.63, 3.8) is 0 Å². The van der Waals surface area contributed by atoms with Gasteiger partial charge in [-0.15, -0.1) is 0 Å². The molecule has 0 atom stereocenters. The molecule has 1 aromatic rings. The second-order valence-corrected chi connectivity index (χ2v) is 4.47. The summed E-state index contributed by atoms with van der Waals surface area (Å²) in [5.74, 6) is -0.276. The van der Waals surface area contributed by atoms with E-state index < -0.39 is 0 Å². The van der Waals surface area contributed by atoms with Gasteiger partial charge >= 0.3 is 0 Å². The quantitative estimate of drug-likeness (QED) is 0.767. The first kappa shape index (κ1) is 12.1. The Morgan fingerprint density at radius 3 is 2.67 bits per heavy atom. The molecule has 0 bridgehead atoms. The Balaban J connectivity index is 2.78. The highest BCUT2D eigenvalue weighted by atomic mass is 79.9. The molecule has 0 radical (unpaired) electrons. The molecule has 0 saturated heterocycles. The molecular weight excluding hydrogens is 259 g/mol. The van der Waals surface area contributed by atoms with Crippen LogP contribution in [-0.2, 0) is 11.2 Å². The molecule has 0 aliphatic rings. The van der Waals surface area contributed by atoms with E-state index in [9.17, 15) is 9.18 Å². The van der Waals surface area contributed by atoms with Crippen LogP contribution in [0.1, 0.15) is 19.4 Å². The van der Waals surface area contributed by atoms with Gasteiger partial charge in [0.05, 0.1) is 4.47 Å². The average molecular weight is 271 g/mol. The van der Waals surface area contributed by atoms with Crippen LogP contribution in [-0.4, -0.2) is 5.78 Å². The van der Waals surface area contributed by atoms with E-state index in [-0.39, 0.29) is 11.6 Å². The lowest BCUT2D eigenvalue weighted by atomic mass is 10.1. The SMILES string of the molecule is CC(C)=CC(=O)Cc1ccc(F)c(Br)c1. The van der Waals surface area contributed by atoms with Crippen LogP contribution < -0.4 is 0 Å². The lowest BCUT2D eigenvalue weighted by Gasteiger charge is -2.00. The standard InChI is InChI=1S/C12H12BrFO/c1-8(2)5-10(15)6-9-3-4-12(14)11(13)7-9/h3-5,7H,6H2,1-2H3. The molecular formula is C12H12BrFO. The Hall–Kier alpha value is -0.960. The van der Waals surface area contributed by atoms with Crippen LogP contribution in [0.2, 0.25) is 0 Å². The summed E-state index contributed by atoms with van der Waals surface area (Å²) in [5.41, 5.74) is 1.78. The summed E-state index contributed by atoms with van der Waals surface area (Å²) in [7, 11) is 0.